The van der Waals surface area contributed by atoms with Crippen LogP contribution in [0.3, 0.4) is 0 Å². The molecule has 1 aliphatic carbocycles. The van der Waals surface area contributed by atoms with Gasteiger partial charge in [0, 0.05) is 37.6 Å². The molecule has 134 valence electrons. The van der Waals surface area contributed by atoms with E-state index < -0.39 is 0 Å². The molecule has 1 heterocycles. The average molecular weight is 342 g/mol. The van der Waals surface area contributed by atoms with E-state index in [1.54, 1.807) is 0 Å². The number of ether oxygens (including phenoxy) is 1. The van der Waals surface area contributed by atoms with E-state index in [0.717, 1.165) is 56.1 Å². The molecule has 2 aliphatic rings. The number of aliphatic imine (C=N–C) groups is 1. The van der Waals surface area contributed by atoms with E-state index >= 15 is 0 Å². The first kappa shape index (κ1) is 18.9. The van der Waals surface area contributed by atoms with Gasteiger partial charge in [-0.1, -0.05) is 20.8 Å². The Kier molecular flexibility index (Phi) is 7.54. The number of thioether (sulfide) groups is 1. The van der Waals surface area contributed by atoms with Crippen LogP contribution in [0, 0.1) is 11.8 Å². The number of nitrogens with zero attached hydrogens (tertiary/aromatic N) is 1. The predicted octanol–water partition coefficient (Wildman–Crippen LogP) is 3.28. The second-order valence-corrected chi connectivity index (χ2v) is 9.14. The minimum absolute atomic E-state index is 0.303. The van der Waals surface area contributed by atoms with E-state index in [9.17, 15) is 0 Å². The van der Waals surface area contributed by atoms with Crippen LogP contribution in [0.2, 0.25) is 0 Å². The van der Waals surface area contributed by atoms with E-state index in [1.165, 1.54) is 19.3 Å². The SMILES string of the molecule is CCSC1(CNC(=NC)NC2CC(C)CC(C)C2)CCOCC1. The highest BCUT2D eigenvalue weighted by Gasteiger charge is 2.33. The molecule has 23 heavy (non-hydrogen) atoms. The Morgan fingerprint density at radius 1 is 1.17 bits per heavy atom. The first-order valence-corrected chi connectivity index (χ1v) is 10.2. The minimum atomic E-state index is 0.303. The van der Waals surface area contributed by atoms with Gasteiger partial charge in [-0.05, 0) is 49.7 Å². The summed E-state index contributed by atoms with van der Waals surface area (Å²) in [5, 5.41) is 7.27. The molecule has 2 N–H and O–H groups in total. The number of hydrogen-bond donors (Lipinski definition) is 2. The van der Waals surface area contributed by atoms with Crippen molar-refractivity contribution < 1.29 is 4.74 Å². The van der Waals surface area contributed by atoms with E-state index in [2.05, 4.69) is 48.2 Å². The third-order valence-electron chi connectivity index (χ3n) is 5.18. The lowest BCUT2D eigenvalue weighted by Crippen LogP contribution is -2.51. The van der Waals surface area contributed by atoms with Crippen LogP contribution in [0.15, 0.2) is 4.99 Å². The lowest BCUT2D eigenvalue weighted by molar-refractivity contribution is 0.0781. The third-order valence-corrected chi connectivity index (χ3v) is 6.63. The Labute approximate surface area is 146 Å². The van der Waals surface area contributed by atoms with Crippen LogP contribution in [-0.2, 0) is 4.74 Å². The fourth-order valence-electron chi connectivity index (χ4n) is 4.12. The predicted molar refractivity (Wildman–Crippen MR) is 101 cm³/mol. The van der Waals surface area contributed by atoms with Crippen LogP contribution >= 0.6 is 11.8 Å². The van der Waals surface area contributed by atoms with Crippen molar-refractivity contribution in [1.82, 2.24) is 10.6 Å². The second-order valence-electron chi connectivity index (χ2n) is 7.41. The van der Waals surface area contributed by atoms with Gasteiger partial charge in [-0.15, -0.1) is 0 Å². The molecule has 1 saturated heterocycles. The summed E-state index contributed by atoms with van der Waals surface area (Å²) >= 11 is 2.07. The molecular formula is C18H35N3OS. The van der Waals surface area contributed by atoms with Gasteiger partial charge in [-0.25, -0.2) is 0 Å². The normalized spacial score (nSPS) is 31.7. The van der Waals surface area contributed by atoms with Gasteiger partial charge in [0.1, 0.15) is 0 Å². The number of rotatable bonds is 5. The Morgan fingerprint density at radius 2 is 1.83 bits per heavy atom. The van der Waals surface area contributed by atoms with Crippen molar-refractivity contribution in [3.05, 3.63) is 0 Å². The summed E-state index contributed by atoms with van der Waals surface area (Å²) in [5.41, 5.74) is 0. The summed E-state index contributed by atoms with van der Waals surface area (Å²) < 4.78 is 5.87. The highest BCUT2D eigenvalue weighted by molar-refractivity contribution is 8.00. The van der Waals surface area contributed by atoms with Crippen LogP contribution in [0.4, 0.5) is 0 Å². The lowest BCUT2D eigenvalue weighted by Gasteiger charge is -2.38. The lowest BCUT2D eigenvalue weighted by atomic mass is 9.80. The topological polar surface area (TPSA) is 45.7 Å². The monoisotopic (exact) mass is 341 g/mol. The molecule has 4 nitrogen and oxygen atoms in total. The standard InChI is InChI=1S/C18H35N3OS/c1-5-23-18(6-8-22-9-7-18)13-20-17(19-4)21-16-11-14(2)10-15(3)12-16/h14-16H,5-13H2,1-4H3,(H2,19,20,21). The van der Waals surface area contributed by atoms with Crippen LogP contribution in [-0.4, -0.2) is 49.3 Å². The van der Waals surface area contributed by atoms with Crippen LogP contribution in [0.5, 0.6) is 0 Å². The van der Waals surface area contributed by atoms with Crippen LogP contribution in [0.1, 0.15) is 52.9 Å². The van der Waals surface area contributed by atoms with Gasteiger partial charge in [-0.3, -0.25) is 4.99 Å². The van der Waals surface area contributed by atoms with Gasteiger partial charge in [0.2, 0.25) is 0 Å². The van der Waals surface area contributed by atoms with Crippen molar-refractivity contribution in [3.63, 3.8) is 0 Å². The summed E-state index contributed by atoms with van der Waals surface area (Å²) in [6, 6.07) is 0.560. The second kappa shape index (κ2) is 9.16. The zero-order chi connectivity index (χ0) is 16.7. The molecule has 0 radical (unpaired) electrons. The summed E-state index contributed by atoms with van der Waals surface area (Å²) in [5.74, 6) is 3.75. The van der Waals surface area contributed by atoms with Crippen molar-refractivity contribution in [2.24, 2.45) is 16.8 Å². The van der Waals surface area contributed by atoms with Crippen molar-refractivity contribution in [2.75, 3.05) is 32.6 Å². The van der Waals surface area contributed by atoms with E-state index in [0.29, 0.717) is 10.8 Å². The molecule has 0 aromatic rings. The maximum atomic E-state index is 5.56. The van der Waals surface area contributed by atoms with E-state index in [4.69, 9.17) is 4.74 Å². The molecule has 2 rings (SSSR count). The molecule has 0 amide bonds. The molecule has 2 fully saturated rings. The number of guanidine groups is 1. The maximum absolute atomic E-state index is 5.56. The van der Waals surface area contributed by atoms with Crippen LogP contribution < -0.4 is 10.6 Å². The van der Waals surface area contributed by atoms with Gasteiger partial charge in [0.05, 0.1) is 0 Å². The summed E-state index contributed by atoms with van der Waals surface area (Å²) in [4.78, 5) is 4.46. The molecular weight excluding hydrogens is 306 g/mol. The molecule has 1 saturated carbocycles. The average Bonchev–Trinajstić information content (AvgIpc) is 2.52. The largest absolute Gasteiger partial charge is 0.381 e. The van der Waals surface area contributed by atoms with Crippen molar-refractivity contribution >= 4 is 17.7 Å². The smallest absolute Gasteiger partial charge is 0.191 e. The van der Waals surface area contributed by atoms with Gasteiger partial charge < -0.3 is 15.4 Å². The molecule has 0 spiro atoms. The van der Waals surface area contributed by atoms with Crippen LogP contribution in [0.25, 0.3) is 0 Å². The van der Waals surface area contributed by atoms with Gasteiger partial charge in [-0.2, -0.15) is 11.8 Å². The fraction of sp³-hybridized carbons (Fsp3) is 0.944. The van der Waals surface area contributed by atoms with Crippen molar-refractivity contribution in [3.8, 4) is 0 Å². The van der Waals surface area contributed by atoms with E-state index in [-0.39, 0.29) is 0 Å². The minimum Gasteiger partial charge on any atom is -0.381 e. The summed E-state index contributed by atoms with van der Waals surface area (Å²) in [6.45, 7) is 9.74. The zero-order valence-electron chi connectivity index (χ0n) is 15.4. The van der Waals surface area contributed by atoms with Gasteiger partial charge in [0.25, 0.3) is 0 Å². The Hall–Kier alpha value is -0.420. The number of nitrogens with one attached hydrogen (secondary N) is 2. The highest BCUT2D eigenvalue weighted by Crippen LogP contribution is 2.34. The molecule has 2 unspecified atom stereocenters. The Balaban J connectivity index is 1.86. The van der Waals surface area contributed by atoms with E-state index in [1.807, 2.05) is 7.05 Å². The zero-order valence-corrected chi connectivity index (χ0v) is 16.2. The molecule has 5 heteroatoms. The van der Waals surface area contributed by atoms with Crippen molar-refractivity contribution in [1.29, 1.82) is 0 Å². The number of hydrogen-bond acceptors (Lipinski definition) is 3. The Bertz CT molecular complexity index is 367. The summed E-state index contributed by atoms with van der Waals surface area (Å²) in [7, 11) is 1.88. The Morgan fingerprint density at radius 3 is 2.39 bits per heavy atom. The molecule has 0 bridgehead atoms. The summed E-state index contributed by atoms with van der Waals surface area (Å²) in [6.07, 6.45) is 6.14. The molecule has 2 atom stereocenters. The molecule has 0 aromatic carbocycles. The first-order chi connectivity index (χ1) is 11.1. The fourth-order valence-corrected chi connectivity index (χ4v) is 5.36. The first-order valence-electron chi connectivity index (χ1n) is 9.26. The maximum Gasteiger partial charge on any atom is 0.191 e. The van der Waals surface area contributed by atoms with Gasteiger partial charge >= 0.3 is 0 Å². The van der Waals surface area contributed by atoms with Crippen molar-refractivity contribution in [2.45, 2.75) is 63.7 Å². The quantitative estimate of drug-likeness (QED) is 0.595. The highest BCUT2D eigenvalue weighted by atomic mass is 32.2. The third kappa shape index (κ3) is 5.86. The molecule has 0 aromatic heterocycles. The molecule has 1 aliphatic heterocycles. The van der Waals surface area contributed by atoms with Gasteiger partial charge in [0.15, 0.2) is 5.96 Å².